The highest BCUT2D eigenvalue weighted by atomic mass is 16.5. The summed E-state index contributed by atoms with van der Waals surface area (Å²) in [5.41, 5.74) is 4.51. The van der Waals surface area contributed by atoms with Crippen molar-refractivity contribution in [2.75, 3.05) is 19.0 Å². The Hall–Kier alpha value is -2.81. The van der Waals surface area contributed by atoms with E-state index in [9.17, 15) is 0 Å². The van der Waals surface area contributed by atoms with Gasteiger partial charge in [-0.15, -0.1) is 0 Å². The molecule has 0 radical (unpaired) electrons. The largest absolute Gasteiger partial charge is 0.487 e. The zero-order chi connectivity index (χ0) is 16.1. The van der Waals surface area contributed by atoms with Crippen molar-refractivity contribution in [3.63, 3.8) is 0 Å². The van der Waals surface area contributed by atoms with Gasteiger partial charge < -0.3 is 9.64 Å². The minimum absolute atomic E-state index is 0.484. The van der Waals surface area contributed by atoms with E-state index in [0.717, 1.165) is 11.4 Å². The first kappa shape index (κ1) is 15.1. The predicted octanol–water partition coefficient (Wildman–Crippen LogP) is 4.39. The first-order valence-corrected chi connectivity index (χ1v) is 7.63. The first-order chi connectivity index (χ1) is 11.2. The van der Waals surface area contributed by atoms with Crippen LogP contribution in [0.15, 0.2) is 72.9 Å². The van der Waals surface area contributed by atoms with Crippen molar-refractivity contribution in [2.24, 2.45) is 0 Å². The third kappa shape index (κ3) is 3.89. The second-order valence-corrected chi connectivity index (χ2v) is 5.58. The van der Waals surface area contributed by atoms with Crippen molar-refractivity contribution in [3.8, 4) is 16.9 Å². The molecule has 0 spiro atoms. The van der Waals surface area contributed by atoms with Crippen molar-refractivity contribution < 1.29 is 4.74 Å². The van der Waals surface area contributed by atoms with E-state index in [-0.39, 0.29) is 0 Å². The molecule has 1 heterocycles. The summed E-state index contributed by atoms with van der Waals surface area (Å²) in [4.78, 5) is 6.35. The number of aromatic nitrogens is 1. The molecule has 2 aromatic carbocycles. The number of ether oxygens (including phenoxy) is 1. The van der Waals surface area contributed by atoms with Gasteiger partial charge in [0.25, 0.3) is 0 Å². The molecule has 3 heteroatoms. The van der Waals surface area contributed by atoms with Gasteiger partial charge in [-0.25, -0.2) is 0 Å². The fourth-order valence-corrected chi connectivity index (χ4v) is 2.34. The molecule has 23 heavy (non-hydrogen) atoms. The summed E-state index contributed by atoms with van der Waals surface area (Å²) in [6.45, 7) is 0.484. The van der Waals surface area contributed by atoms with Crippen LogP contribution in [0.2, 0.25) is 0 Å². The quantitative estimate of drug-likeness (QED) is 0.699. The monoisotopic (exact) mass is 304 g/mol. The molecule has 3 nitrogen and oxygen atoms in total. The van der Waals surface area contributed by atoms with Crippen molar-refractivity contribution in [2.45, 2.75) is 6.61 Å². The van der Waals surface area contributed by atoms with Crippen LogP contribution in [-0.2, 0) is 6.61 Å². The summed E-state index contributed by atoms with van der Waals surface area (Å²) in [6.07, 6.45) is 1.78. The Morgan fingerprint density at radius 3 is 2.04 bits per heavy atom. The molecule has 0 aliphatic heterocycles. The summed E-state index contributed by atoms with van der Waals surface area (Å²) < 4.78 is 5.76. The van der Waals surface area contributed by atoms with Gasteiger partial charge in [0.05, 0.1) is 5.69 Å². The Bertz CT molecular complexity index is 735. The summed E-state index contributed by atoms with van der Waals surface area (Å²) in [6, 6.07) is 22.5. The zero-order valence-electron chi connectivity index (χ0n) is 13.4. The van der Waals surface area contributed by atoms with E-state index in [0.29, 0.717) is 6.61 Å². The molecule has 0 unspecified atom stereocenters. The van der Waals surface area contributed by atoms with Crippen LogP contribution in [-0.4, -0.2) is 19.1 Å². The van der Waals surface area contributed by atoms with Crippen molar-refractivity contribution in [1.82, 2.24) is 4.98 Å². The molecule has 0 atom stereocenters. The molecule has 0 amide bonds. The molecule has 3 rings (SSSR count). The number of rotatable bonds is 5. The molecule has 0 saturated carbocycles. The van der Waals surface area contributed by atoms with E-state index in [4.69, 9.17) is 4.74 Å². The van der Waals surface area contributed by atoms with Crippen LogP contribution in [0.3, 0.4) is 0 Å². The topological polar surface area (TPSA) is 25.4 Å². The fraction of sp³-hybridized carbons (Fsp3) is 0.150. The van der Waals surface area contributed by atoms with Gasteiger partial charge in [0.2, 0.25) is 0 Å². The maximum Gasteiger partial charge on any atom is 0.130 e. The smallest absolute Gasteiger partial charge is 0.130 e. The third-order valence-corrected chi connectivity index (χ3v) is 3.68. The van der Waals surface area contributed by atoms with Gasteiger partial charge in [-0.1, -0.05) is 30.3 Å². The van der Waals surface area contributed by atoms with Gasteiger partial charge >= 0.3 is 0 Å². The second-order valence-electron chi connectivity index (χ2n) is 5.58. The van der Waals surface area contributed by atoms with Gasteiger partial charge in [0.1, 0.15) is 12.4 Å². The van der Waals surface area contributed by atoms with Gasteiger partial charge in [-0.3, -0.25) is 4.98 Å². The van der Waals surface area contributed by atoms with Crippen LogP contribution in [0.25, 0.3) is 11.1 Å². The Labute approximate surface area is 137 Å². The number of nitrogens with zero attached hydrogens (tertiary/aromatic N) is 2. The van der Waals surface area contributed by atoms with E-state index in [1.54, 1.807) is 6.20 Å². The lowest BCUT2D eigenvalue weighted by Crippen LogP contribution is -2.07. The Morgan fingerprint density at radius 1 is 0.826 bits per heavy atom. The van der Waals surface area contributed by atoms with Crippen LogP contribution in [0.1, 0.15) is 5.69 Å². The lowest BCUT2D eigenvalue weighted by molar-refractivity contribution is 0.301. The first-order valence-electron chi connectivity index (χ1n) is 7.63. The molecular formula is C20H20N2O. The molecule has 0 fully saturated rings. The van der Waals surface area contributed by atoms with Crippen molar-refractivity contribution >= 4 is 5.69 Å². The fourth-order valence-electron chi connectivity index (χ4n) is 2.34. The lowest BCUT2D eigenvalue weighted by atomic mass is 10.1. The number of benzene rings is 2. The highest BCUT2D eigenvalue weighted by Crippen LogP contribution is 2.24. The maximum absolute atomic E-state index is 5.76. The standard InChI is InChI=1S/C20H20N2O/c1-22(2)19-10-6-16(7-11-19)17-8-12-20(13-9-17)23-15-18-5-3-4-14-21-18/h3-14H,15H2,1-2H3. The highest BCUT2D eigenvalue weighted by Gasteiger charge is 2.01. The Kier molecular flexibility index (Phi) is 4.57. The molecule has 0 bridgehead atoms. The van der Waals surface area contributed by atoms with Crippen LogP contribution in [0.4, 0.5) is 5.69 Å². The molecule has 0 aliphatic rings. The summed E-state index contributed by atoms with van der Waals surface area (Å²) in [5.74, 6) is 0.851. The molecule has 1 aromatic heterocycles. The molecule has 0 saturated heterocycles. The summed E-state index contributed by atoms with van der Waals surface area (Å²) in [5, 5.41) is 0. The summed E-state index contributed by atoms with van der Waals surface area (Å²) >= 11 is 0. The van der Waals surface area contributed by atoms with E-state index < -0.39 is 0 Å². The van der Waals surface area contributed by atoms with Crippen LogP contribution < -0.4 is 9.64 Å². The van der Waals surface area contributed by atoms with Gasteiger partial charge in [-0.05, 0) is 47.5 Å². The number of anilines is 1. The average Bonchev–Trinajstić information content (AvgIpc) is 2.61. The van der Waals surface area contributed by atoms with Gasteiger partial charge in [0.15, 0.2) is 0 Å². The maximum atomic E-state index is 5.76. The number of hydrogen-bond acceptors (Lipinski definition) is 3. The Balaban J connectivity index is 1.67. The van der Waals surface area contributed by atoms with Crippen LogP contribution in [0, 0.1) is 0 Å². The molecule has 0 N–H and O–H groups in total. The molecule has 3 aromatic rings. The highest BCUT2D eigenvalue weighted by molar-refractivity contribution is 5.66. The van der Waals surface area contributed by atoms with E-state index in [2.05, 4.69) is 46.3 Å². The molecule has 0 aliphatic carbocycles. The van der Waals surface area contributed by atoms with Crippen LogP contribution in [0.5, 0.6) is 5.75 Å². The lowest BCUT2D eigenvalue weighted by Gasteiger charge is -2.13. The van der Waals surface area contributed by atoms with Crippen molar-refractivity contribution in [1.29, 1.82) is 0 Å². The predicted molar refractivity (Wildman–Crippen MR) is 94.8 cm³/mol. The number of pyridine rings is 1. The Morgan fingerprint density at radius 2 is 1.48 bits per heavy atom. The van der Waals surface area contributed by atoms with Gasteiger partial charge in [0, 0.05) is 26.0 Å². The van der Waals surface area contributed by atoms with Crippen LogP contribution >= 0.6 is 0 Å². The zero-order valence-corrected chi connectivity index (χ0v) is 13.4. The second kappa shape index (κ2) is 6.97. The third-order valence-electron chi connectivity index (χ3n) is 3.68. The number of hydrogen-bond donors (Lipinski definition) is 0. The van der Waals surface area contributed by atoms with E-state index >= 15 is 0 Å². The summed E-state index contributed by atoms with van der Waals surface area (Å²) in [7, 11) is 4.09. The van der Waals surface area contributed by atoms with Gasteiger partial charge in [-0.2, -0.15) is 0 Å². The average molecular weight is 304 g/mol. The van der Waals surface area contributed by atoms with E-state index in [1.807, 2.05) is 44.4 Å². The normalized spacial score (nSPS) is 10.3. The molecule has 116 valence electrons. The van der Waals surface area contributed by atoms with E-state index in [1.165, 1.54) is 16.8 Å². The minimum atomic E-state index is 0.484. The van der Waals surface area contributed by atoms with Crippen molar-refractivity contribution in [3.05, 3.63) is 78.6 Å². The molecular weight excluding hydrogens is 284 g/mol. The minimum Gasteiger partial charge on any atom is -0.487 e. The SMILES string of the molecule is CN(C)c1ccc(-c2ccc(OCc3ccccn3)cc2)cc1.